The Hall–Kier alpha value is 30.9. The van der Waals surface area contributed by atoms with Gasteiger partial charge in [-0.25, -0.2) is 0 Å². The van der Waals surface area contributed by atoms with E-state index in [0.29, 0.717) is 0 Å². The molecule has 0 aromatic carbocycles. The summed E-state index contributed by atoms with van der Waals surface area (Å²) in [7, 11) is -0.0446. The molecule has 34 heteroatoms. The van der Waals surface area contributed by atoms with Gasteiger partial charge in [-0.15, -0.1) is 77.4 Å². The molecule has 53 heavy (non-hydrogen) atoms. The molecule has 0 bridgehead atoms. The van der Waals surface area contributed by atoms with Crippen LogP contribution in [-0.4, -0.2) is 87.8 Å². The maximum Gasteiger partial charge on any atom is 0 e. The molecule has 0 rings (SSSR count). The third-order valence-corrected chi connectivity index (χ3v) is 17.4. The first-order valence-electron chi connectivity index (χ1n) is 7.77. The van der Waals surface area contributed by atoms with E-state index in [9.17, 15) is 0 Å². The summed E-state index contributed by atoms with van der Waals surface area (Å²) in [4.78, 5) is 0. The molecular formula is C19H53P6W4Y24-. The fraction of sp³-hybridized carbons (Fsp3) is 0.632. The average molecular weight is 3340 g/mol. The molecule has 0 aromatic heterocycles. The summed E-state index contributed by atoms with van der Waals surface area (Å²) in [5, 5.41) is 0. The summed E-state index contributed by atoms with van der Waals surface area (Å²) in [5.41, 5.74) is 0. The first-order chi connectivity index (χ1) is 10.1. The van der Waals surface area contributed by atoms with Gasteiger partial charge in [-0.2, -0.15) is 0 Å². The van der Waals surface area contributed by atoms with Crippen molar-refractivity contribution in [3.8, 4) is 0 Å². The van der Waals surface area contributed by atoms with E-state index in [2.05, 4.69) is 65.0 Å². The minimum absolute atomic E-state index is 0. The summed E-state index contributed by atoms with van der Waals surface area (Å²) < 4.78 is 0. The Balaban J connectivity index is -0.00000000257. The molecule has 256 valence electrons. The van der Waals surface area contributed by atoms with Crippen molar-refractivity contribution in [2.75, 3.05) is 50.0 Å². The molecule has 24 radical (unpaired) electrons. The van der Waals surface area contributed by atoms with Crippen LogP contribution < -0.4 is 0 Å². The van der Waals surface area contributed by atoms with Crippen LogP contribution in [0.3, 0.4) is 0 Å². The van der Waals surface area contributed by atoms with E-state index in [1.54, 1.807) is 0 Å². The zero-order valence-electron chi connectivity index (χ0n) is 32.2. The van der Waals surface area contributed by atoms with Gasteiger partial charge < -0.3 is 7.43 Å². The van der Waals surface area contributed by atoms with Crippen molar-refractivity contribution < 1.29 is 869 Å². The van der Waals surface area contributed by atoms with Crippen LogP contribution >= 0.6 is 45.9 Å². The first kappa shape index (κ1) is 232. The molecule has 0 fully saturated rings. The van der Waals surface area contributed by atoms with Crippen molar-refractivity contribution in [2.24, 2.45) is 0 Å². The van der Waals surface area contributed by atoms with Crippen LogP contribution in [0.1, 0.15) is 28.7 Å². The van der Waals surface area contributed by atoms with E-state index in [1.807, 2.05) is 6.66 Å². The molecule has 0 saturated heterocycles. The van der Waals surface area contributed by atoms with E-state index < -0.39 is 0 Å². The van der Waals surface area contributed by atoms with Crippen LogP contribution in [0.2, 0.25) is 0 Å². The van der Waals surface area contributed by atoms with Crippen molar-refractivity contribution in [1.29, 1.82) is 0 Å². The number of rotatable bonds is 8. The molecule has 0 aliphatic carbocycles. The van der Waals surface area contributed by atoms with E-state index in [0.717, 1.165) is 0 Å². The Labute approximate surface area is 1000 Å². The van der Waals surface area contributed by atoms with Crippen LogP contribution in [0, 0.1) is 7.43 Å². The second kappa shape index (κ2) is 206. The summed E-state index contributed by atoms with van der Waals surface area (Å²) in [6.07, 6.45) is 26.7. The van der Waals surface area contributed by atoms with E-state index in [-0.39, 0.29) is 929 Å². The Morgan fingerprint density at radius 2 is 0.472 bits per heavy atom. The summed E-state index contributed by atoms with van der Waals surface area (Å²) in [6.45, 7) is 11.0. The smallest absolute Gasteiger partial charge is 0 e. The monoisotopic (exact) mass is 3340 g/mol. The zero-order valence-corrected chi connectivity index (χ0v) is 118. The minimum Gasteiger partial charge on any atom is -0.358 e. The van der Waals surface area contributed by atoms with Gasteiger partial charge in [0.1, 0.15) is 0 Å². The Kier molecular flexibility index (Phi) is 902. The van der Waals surface area contributed by atoms with Crippen LogP contribution in [0.25, 0.3) is 0 Å². The van der Waals surface area contributed by atoms with Gasteiger partial charge in [0.05, 0.1) is 0 Å². The van der Waals surface area contributed by atoms with Crippen LogP contribution in [0.5, 0.6) is 0 Å². The quantitative estimate of drug-likeness (QED) is 0.181. The van der Waals surface area contributed by atoms with Gasteiger partial charge in [0, 0.05) is 869 Å². The standard InChI is InChI=1S/C8H21P3.C6H16P2.C2H5P.2CH4.CH3.4W.24Y/c1-6-10(4)8-11(5)7-9(2)3;1-5-8(4)6-7(2)3;1-3-2;;;;;;;;;;;;;;;;;;;;;;;;;;;;;;;/h9-11H,2,4-8H2,1,3H3;7-8H,2,4-6H2,1,3H3;1H2,2H3;2*1H4;1H3;;;;;;;;;;;;;;;;;;;;;;;;;;;;/q;;;;;-1;;;;;;;;;;;;;;;;;;;;;;;;;;;;. The van der Waals surface area contributed by atoms with Crippen LogP contribution in [-0.2, 0) is 869 Å². The average Bonchev–Trinajstić information content (AvgIpc) is 2.38. The molecule has 5 atom stereocenters. The molecule has 0 spiro atoms. The minimum atomic E-state index is -0.285. The largest absolute Gasteiger partial charge is 0.358 e. The summed E-state index contributed by atoms with van der Waals surface area (Å²) in [5.74, 6) is 4.11. The van der Waals surface area contributed by atoms with Gasteiger partial charge in [-0.05, 0) is 50.0 Å². The summed E-state index contributed by atoms with van der Waals surface area (Å²) in [6, 6.07) is 0. The van der Waals surface area contributed by atoms with Crippen molar-refractivity contribution in [3.63, 3.8) is 0 Å². The van der Waals surface area contributed by atoms with E-state index in [1.165, 1.54) is 38.2 Å². The molecule has 0 N–H and O–H groups in total. The third kappa shape index (κ3) is 247. The SMILES string of the molecule is C.C.C=PC.C=[PH](C)C[PH](=C)CC.C=[PH](C)C[PH](=C)C[PH](=C)CC.[CH3-].[W].[W].[W].[W].[Y].[Y].[Y].[Y].[Y].[Y].[Y].[Y].[Y].[Y].[Y].[Y].[Y].[Y].[Y].[Y].[Y].[Y].[Y].[Y].[Y].[Y].[Y].[Y]. The number of hydrogen-bond acceptors (Lipinski definition) is 0. The topological polar surface area (TPSA) is 0 Å². The van der Waals surface area contributed by atoms with Crippen molar-refractivity contribution in [2.45, 2.75) is 28.7 Å². The fourth-order valence-corrected chi connectivity index (χ4v) is 14.8. The van der Waals surface area contributed by atoms with E-state index in [4.69, 9.17) is 0 Å². The second-order valence-electron chi connectivity index (χ2n) is 5.72. The van der Waals surface area contributed by atoms with Crippen LogP contribution in [0.4, 0.5) is 0 Å². The normalized spacial score (nSPS) is 7.04. The van der Waals surface area contributed by atoms with E-state index >= 15 is 0 Å². The van der Waals surface area contributed by atoms with Crippen molar-refractivity contribution in [1.82, 2.24) is 0 Å². The number of hydrogen-bond donors (Lipinski definition) is 0. The van der Waals surface area contributed by atoms with Gasteiger partial charge >= 0.3 is 0 Å². The van der Waals surface area contributed by atoms with Crippen molar-refractivity contribution >= 4 is 83.7 Å². The molecule has 0 nitrogen and oxygen atoms in total. The molecular weight excluding hydrogens is 3280 g/mol. The van der Waals surface area contributed by atoms with Crippen molar-refractivity contribution in [3.05, 3.63) is 7.43 Å². The Morgan fingerprint density at radius 3 is 0.566 bits per heavy atom. The van der Waals surface area contributed by atoms with Gasteiger partial charge in [-0.3, -0.25) is 0 Å². The zero-order chi connectivity index (χ0) is 18.1. The molecule has 0 aromatic rings. The van der Waals surface area contributed by atoms with Gasteiger partial charge in [0.15, 0.2) is 0 Å². The molecule has 0 aliphatic rings. The maximum atomic E-state index is 4.24. The Morgan fingerprint density at radius 1 is 0.358 bits per heavy atom. The molecule has 0 saturated carbocycles. The third-order valence-electron chi connectivity index (χ3n) is 2.60. The fourth-order valence-electron chi connectivity index (χ4n) is 1.52. The van der Waals surface area contributed by atoms with Gasteiger partial charge in [0.25, 0.3) is 0 Å². The first-order valence-corrected chi connectivity index (χ1v) is 20.5. The molecule has 0 heterocycles. The predicted octanol–water partition coefficient (Wildman–Crippen LogP) is 7.02. The second-order valence-corrected chi connectivity index (χ2v) is 20.3. The predicted molar refractivity (Wildman–Crippen MR) is 165 cm³/mol. The maximum absolute atomic E-state index is 4.24. The van der Waals surface area contributed by atoms with Crippen LogP contribution in [0.15, 0.2) is 0 Å². The Bertz CT molecular complexity index is 466. The summed E-state index contributed by atoms with van der Waals surface area (Å²) >= 11 is 0. The van der Waals surface area contributed by atoms with Gasteiger partial charge in [0.2, 0.25) is 0 Å². The molecule has 0 aliphatic heterocycles. The molecule has 5 unspecified atom stereocenters. The van der Waals surface area contributed by atoms with Gasteiger partial charge in [-0.1, -0.05) is 35.0 Å². The molecule has 0 amide bonds.